The van der Waals surface area contributed by atoms with Gasteiger partial charge in [0, 0.05) is 38.4 Å². The number of hydrogen-bond donors (Lipinski definition) is 2. The highest BCUT2D eigenvalue weighted by molar-refractivity contribution is 14.0. The Morgan fingerprint density at radius 2 is 2.24 bits per heavy atom. The second kappa shape index (κ2) is 8.68. The van der Waals surface area contributed by atoms with Gasteiger partial charge in [0.15, 0.2) is 5.96 Å². The van der Waals surface area contributed by atoms with Crippen LogP contribution >= 0.6 is 35.3 Å². The van der Waals surface area contributed by atoms with Gasteiger partial charge in [-0.15, -0.1) is 35.3 Å². The number of halogens is 1. The predicted molar refractivity (Wildman–Crippen MR) is 85.7 cm³/mol. The molecule has 0 bridgehead atoms. The van der Waals surface area contributed by atoms with Gasteiger partial charge < -0.3 is 10.6 Å². The van der Waals surface area contributed by atoms with Gasteiger partial charge in [-0.3, -0.25) is 4.99 Å². The Morgan fingerprint density at radius 1 is 1.53 bits per heavy atom. The van der Waals surface area contributed by atoms with E-state index in [9.17, 15) is 0 Å². The summed E-state index contributed by atoms with van der Waals surface area (Å²) in [7, 11) is 3.62. The molecule has 2 N–H and O–H groups in total. The van der Waals surface area contributed by atoms with Crippen LogP contribution in [0.15, 0.2) is 10.4 Å². The molecular formula is C11H21IN4S. The number of thiazole rings is 1. The second-order valence-corrected chi connectivity index (χ2v) is 4.72. The third kappa shape index (κ3) is 5.67. The highest BCUT2D eigenvalue weighted by Gasteiger charge is 2.05. The maximum absolute atomic E-state index is 4.58. The minimum Gasteiger partial charge on any atom is -0.359 e. The van der Waals surface area contributed by atoms with E-state index in [1.54, 1.807) is 18.4 Å². The molecule has 1 aromatic heterocycles. The Bertz CT molecular complexity index is 349. The molecule has 98 valence electrons. The molecule has 0 saturated heterocycles. The molecule has 0 aromatic carbocycles. The van der Waals surface area contributed by atoms with Crippen LogP contribution < -0.4 is 10.6 Å². The fourth-order valence-electron chi connectivity index (χ4n) is 1.29. The van der Waals surface area contributed by atoms with E-state index >= 15 is 0 Å². The lowest BCUT2D eigenvalue weighted by Gasteiger charge is -2.06. The smallest absolute Gasteiger partial charge is 0.190 e. The van der Waals surface area contributed by atoms with Gasteiger partial charge in [0.2, 0.25) is 0 Å². The molecule has 0 aliphatic rings. The molecule has 0 radical (unpaired) electrons. The molecule has 6 heteroatoms. The molecule has 1 heterocycles. The summed E-state index contributed by atoms with van der Waals surface area (Å²) in [5.41, 5.74) is 1.16. The van der Waals surface area contributed by atoms with Crippen molar-refractivity contribution in [3.63, 3.8) is 0 Å². The van der Waals surface area contributed by atoms with Crippen LogP contribution in [0.3, 0.4) is 0 Å². The summed E-state index contributed by atoms with van der Waals surface area (Å²) >= 11 is 1.74. The first-order valence-corrected chi connectivity index (χ1v) is 6.38. The number of guanidine groups is 1. The first-order valence-electron chi connectivity index (χ1n) is 5.50. The van der Waals surface area contributed by atoms with Gasteiger partial charge >= 0.3 is 0 Å². The van der Waals surface area contributed by atoms with E-state index in [4.69, 9.17) is 0 Å². The lowest BCUT2D eigenvalue weighted by Crippen LogP contribution is -2.35. The zero-order valence-corrected chi connectivity index (χ0v) is 13.9. The highest BCUT2D eigenvalue weighted by atomic mass is 127. The van der Waals surface area contributed by atoms with Crippen LogP contribution in [0.2, 0.25) is 0 Å². The average Bonchev–Trinajstić information content (AvgIpc) is 2.73. The topological polar surface area (TPSA) is 49.3 Å². The fraction of sp³-hybridized carbons (Fsp3) is 0.636. The summed E-state index contributed by atoms with van der Waals surface area (Å²) in [5.74, 6) is 1.34. The Labute approximate surface area is 124 Å². The summed E-state index contributed by atoms with van der Waals surface area (Å²) in [6, 6.07) is 0. The Balaban J connectivity index is 0.00000256. The highest BCUT2D eigenvalue weighted by Crippen LogP contribution is 2.19. The Hall–Kier alpha value is -0.370. The van der Waals surface area contributed by atoms with Crippen molar-refractivity contribution in [2.45, 2.75) is 26.2 Å². The van der Waals surface area contributed by atoms with Gasteiger partial charge in [-0.25, -0.2) is 4.98 Å². The standard InChI is InChI=1S/C11H20N4S.HI/c1-8(2)10-15-9(7-16-10)5-6-14-11(12-3)13-4;/h7-8H,5-6H2,1-4H3,(H2,12,13,14);1H. The van der Waals surface area contributed by atoms with Crippen LogP contribution in [-0.2, 0) is 6.42 Å². The first-order chi connectivity index (χ1) is 7.67. The molecule has 1 aromatic rings. The molecule has 0 fully saturated rings. The molecule has 0 unspecified atom stereocenters. The summed E-state index contributed by atoms with van der Waals surface area (Å²) in [5, 5.41) is 9.55. The van der Waals surface area contributed by atoms with Crippen LogP contribution in [0, 0.1) is 0 Å². The zero-order chi connectivity index (χ0) is 12.0. The molecule has 1 rings (SSSR count). The van der Waals surface area contributed by atoms with Crippen molar-refractivity contribution in [3.05, 3.63) is 16.1 Å². The van der Waals surface area contributed by atoms with Crippen molar-refractivity contribution in [1.29, 1.82) is 0 Å². The molecule has 4 nitrogen and oxygen atoms in total. The lowest BCUT2D eigenvalue weighted by molar-refractivity contribution is 0.798. The molecule has 0 spiro atoms. The van der Waals surface area contributed by atoms with Gasteiger partial charge in [0.25, 0.3) is 0 Å². The first kappa shape index (κ1) is 16.6. The molecule has 0 aliphatic carbocycles. The molecule has 0 amide bonds. The average molecular weight is 368 g/mol. The number of nitrogens with one attached hydrogen (secondary N) is 2. The van der Waals surface area contributed by atoms with Crippen LogP contribution in [0.4, 0.5) is 0 Å². The van der Waals surface area contributed by atoms with Crippen LogP contribution in [0.1, 0.15) is 30.5 Å². The number of nitrogens with zero attached hydrogens (tertiary/aromatic N) is 2. The quantitative estimate of drug-likeness (QED) is 0.487. The summed E-state index contributed by atoms with van der Waals surface area (Å²) in [6.07, 6.45) is 0.934. The molecular weight excluding hydrogens is 347 g/mol. The van der Waals surface area contributed by atoms with Gasteiger partial charge in [-0.2, -0.15) is 0 Å². The molecule has 17 heavy (non-hydrogen) atoms. The lowest BCUT2D eigenvalue weighted by atomic mass is 10.2. The summed E-state index contributed by atoms with van der Waals surface area (Å²) < 4.78 is 0. The number of aromatic nitrogens is 1. The third-order valence-electron chi connectivity index (χ3n) is 2.20. The van der Waals surface area contributed by atoms with E-state index in [1.165, 1.54) is 5.01 Å². The van der Waals surface area contributed by atoms with E-state index < -0.39 is 0 Å². The summed E-state index contributed by atoms with van der Waals surface area (Å²) in [4.78, 5) is 8.62. The number of aliphatic imine (C=N–C) groups is 1. The largest absolute Gasteiger partial charge is 0.359 e. The SMILES string of the molecule is CN=C(NC)NCCc1csc(C(C)C)n1.I. The van der Waals surface area contributed by atoms with Gasteiger partial charge in [0.05, 0.1) is 10.7 Å². The molecule has 0 atom stereocenters. The third-order valence-corrected chi connectivity index (χ3v) is 3.39. The van der Waals surface area contributed by atoms with Gasteiger partial charge in [0.1, 0.15) is 0 Å². The predicted octanol–water partition coefficient (Wildman–Crippen LogP) is 2.22. The fourth-order valence-corrected chi connectivity index (χ4v) is 2.16. The van der Waals surface area contributed by atoms with Crippen molar-refractivity contribution in [3.8, 4) is 0 Å². The van der Waals surface area contributed by atoms with Crippen molar-refractivity contribution < 1.29 is 0 Å². The zero-order valence-electron chi connectivity index (χ0n) is 10.8. The van der Waals surface area contributed by atoms with Crippen molar-refractivity contribution in [2.24, 2.45) is 4.99 Å². The van der Waals surface area contributed by atoms with Gasteiger partial charge in [-0.1, -0.05) is 13.8 Å². The van der Waals surface area contributed by atoms with Gasteiger partial charge in [-0.05, 0) is 0 Å². The summed E-state index contributed by atoms with van der Waals surface area (Å²) in [6.45, 7) is 5.20. The maximum atomic E-state index is 4.58. The van der Waals surface area contributed by atoms with Crippen LogP contribution in [0.5, 0.6) is 0 Å². The van der Waals surface area contributed by atoms with Crippen molar-refractivity contribution in [2.75, 3.05) is 20.6 Å². The van der Waals surface area contributed by atoms with E-state index in [2.05, 4.69) is 39.8 Å². The Kier molecular flexibility index (Phi) is 8.49. The van der Waals surface area contributed by atoms with Crippen molar-refractivity contribution >= 4 is 41.3 Å². The normalized spacial score (nSPS) is 11.2. The Morgan fingerprint density at radius 3 is 2.71 bits per heavy atom. The van der Waals surface area contributed by atoms with Crippen LogP contribution in [0.25, 0.3) is 0 Å². The minimum absolute atomic E-state index is 0. The van der Waals surface area contributed by atoms with Crippen molar-refractivity contribution in [1.82, 2.24) is 15.6 Å². The van der Waals surface area contributed by atoms with E-state index in [0.717, 1.165) is 24.6 Å². The van der Waals surface area contributed by atoms with Crippen LogP contribution in [-0.4, -0.2) is 31.6 Å². The minimum atomic E-state index is 0. The second-order valence-electron chi connectivity index (χ2n) is 3.83. The molecule has 0 aliphatic heterocycles. The number of hydrogen-bond acceptors (Lipinski definition) is 3. The number of rotatable bonds is 4. The molecule has 0 saturated carbocycles. The van der Waals surface area contributed by atoms with E-state index in [1.807, 2.05) is 7.05 Å². The maximum Gasteiger partial charge on any atom is 0.190 e. The monoisotopic (exact) mass is 368 g/mol. The van der Waals surface area contributed by atoms with E-state index in [0.29, 0.717) is 5.92 Å². The van der Waals surface area contributed by atoms with E-state index in [-0.39, 0.29) is 24.0 Å².